The van der Waals surface area contributed by atoms with Gasteiger partial charge in [-0.2, -0.15) is 0 Å². The largest absolute Gasteiger partial charge is 0.446 e. The topological polar surface area (TPSA) is 46.6 Å². The molecule has 108 valence electrons. The molecule has 0 unspecified atom stereocenters. The Morgan fingerprint density at radius 3 is 2.80 bits per heavy atom. The number of hydrogen-bond acceptors (Lipinski definition) is 3. The van der Waals surface area contributed by atoms with E-state index in [1.165, 1.54) is 17.0 Å². The number of fused-ring (bicyclic) bond motifs is 1. The molecule has 20 heavy (non-hydrogen) atoms. The van der Waals surface area contributed by atoms with E-state index >= 15 is 0 Å². The minimum absolute atomic E-state index is 0.0488. The molecule has 0 radical (unpaired) electrons. The Bertz CT molecular complexity index is 542. The molecular weight excluding hydrogens is 261 g/mol. The van der Waals surface area contributed by atoms with Crippen molar-refractivity contribution in [2.75, 3.05) is 4.90 Å². The van der Waals surface area contributed by atoms with Crippen molar-refractivity contribution in [2.45, 2.75) is 45.8 Å². The van der Waals surface area contributed by atoms with Crippen molar-refractivity contribution in [3.8, 4) is 0 Å². The smallest absolute Gasteiger partial charge is 0.415 e. The first-order chi connectivity index (χ1) is 9.43. The van der Waals surface area contributed by atoms with Gasteiger partial charge in [0.05, 0.1) is 17.8 Å². The number of Topliss-reactive ketones (excluding diaryl/α,β-unsaturated/α-hetero) is 1. The molecule has 0 N–H and O–H groups in total. The molecule has 1 amide bonds. The third-order valence-electron chi connectivity index (χ3n) is 3.27. The highest BCUT2D eigenvalue weighted by Crippen LogP contribution is 2.31. The summed E-state index contributed by atoms with van der Waals surface area (Å²) in [6, 6.07) is 3.54. The monoisotopic (exact) mass is 279 g/mol. The fourth-order valence-electron chi connectivity index (χ4n) is 2.42. The number of nitrogens with zero attached hydrogens (tertiary/aromatic N) is 1. The van der Waals surface area contributed by atoms with Crippen LogP contribution < -0.4 is 4.90 Å². The maximum absolute atomic E-state index is 13.5. The van der Waals surface area contributed by atoms with E-state index in [0.29, 0.717) is 17.7 Å². The normalized spacial score (nSPS) is 18.1. The van der Waals surface area contributed by atoms with Crippen LogP contribution in [-0.4, -0.2) is 24.0 Å². The molecule has 1 aromatic carbocycles. The van der Waals surface area contributed by atoms with E-state index in [0.717, 1.165) is 0 Å². The van der Waals surface area contributed by atoms with Gasteiger partial charge in [-0.05, 0) is 38.0 Å². The lowest BCUT2D eigenvalue weighted by Gasteiger charge is -2.35. The molecular formula is C15H18FNO3. The van der Waals surface area contributed by atoms with Crippen LogP contribution in [0, 0.1) is 5.82 Å². The summed E-state index contributed by atoms with van der Waals surface area (Å²) in [7, 11) is 0. The van der Waals surface area contributed by atoms with Crippen molar-refractivity contribution < 1.29 is 18.7 Å². The number of carbonyl (C=O) groups is 2. The molecule has 0 aliphatic carbocycles. The zero-order valence-corrected chi connectivity index (χ0v) is 11.9. The first kappa shape index (κ1) is 14.5. The fraction of sp³-hybridized carbons (Fsp3) is 0.467. The van der Waals surface area contributed by atoms with Gasteiger partial charge in [-0.1, -0.05) is 13.0 Å². The van der Waals surface area contributed by atoms with Crippen molar-refractivity contribution >= 4 is 17.6 Å². The van der Waals surface area contributed by atoms with Gasteiger partial charge >= 0.3 is 6.09 Å². The summed E-state index contributed by atoms with van der Waals surface area (Å²) in [5.74, 6) is -0.484. The van der Waals surface area contributed by atoms with Gasteiger partial charge in [0.25, 0.3) is 0 Å². The number of amides is 1. The van der Waals surface area contributed by atoms with Gasteiger partial charge in [0.1, 0.15) is 5.82 Å². The molecule has 1 atom stereocenters. The van der Waals surface area contributed by atoms with Crippen LogP contribution in [0.15, 0.2) is 18.2 Å². The number of benzene rings is 1. The van der Waals surface area contributed by atoms with Crippen LogP contribution in [0.3, 0.4) is 0 Å². The Labute approximate surface area is 117 Å². The SMILES string of the molecule is CC[C@H]1C(=O)Cc2ccc(F)cc2N1C(=O)OC(C)C. The predicted octanol–water partition coefficient (Wildman–Crippen LogP) is 3.08. The van der Waals surface area contributed by atoms with Crippen molar-refractivity contribution in [2.24, 2.45) is 0 Å². The zero-order valence-electron chi connectivity index (χ0n) is 11.9. The zero-order chi connectivity index (χ0) is 14.9. The highest BCUT2D eigenvalue weighted by atomic mass is 19.1. The molecule has 4 nitrogen and oxygen atoms in total. The van der Waals surface area contributed by atoms with Gasteiger partial charge in [-0.15, -0.1) is 0 Å². The Hall–Kier alpha value is -1.91. The molecule has 1 aliphatic rings. The Kier molecular flexibility index (Phi) is 4.06. The van der Waals surface area contributed by atoms with Gasteiger partial charge in [0, 0.05) is 6.42 Å². The molecule has 0 saturated carbocycles. The van der Waals surface area contributed by atoms with Gasteiger partial charge in [0.2, 0.25) is 0 Å². The highest BCUT2D eigenvalue weighted by Gasteiger charge is 2.37. The maximum atomic E-state index is 13.5. The van der Waals surface area contributed by atoms with Crippen LogP contribution in [0.5, 0.6) is 0 Å². The molecule has 5 heteroatoms. The van der Waals surface area contributed by atoms with E-state index in [9.17, 15) is 14.0 Å². The fourth-order valence-corrected chi connectivity index (χ4v) is 2.42. The molecule has 1 aromatic rings. The van der Waals surface area contributed by atoms with Crippen LogP contribution in [0.1, 0.15) is 32.8 Å². The predicted molar refractivity (Wildman–Crippen MR) is 73.3 cm³/mol. The van der Waals surface area contributed by atoms with Gasteiger partial charge in [-0.25, -0.2) is 9.18 Å². The summed E-state index contributed by atoms with van der Waals surface area (Å²) in [5, 5.41) is 0. The number of ketones is 1. The molecule has 0 fully saturated rings. The lowest BCUT2D eigenvalue weighted by molar-refractivity contribution is -0.120. The number of halogens is 1. The number of hydrogen-bond donors (Lipinski definition) is 0. The molecule has 0 bridgehead atoms. The second-order valence-corrected chi connectivity index (χ2v) is 5.14. The maximum Gasteiger partial charge on any atom is 0.415 e. The summed E-state index contributed by atoms with van der Waals surface area (Å²) in [6.45, 7) is 5.29. The minimum Gasteiger partial charge on any atom is -0.446 e. The van der Waals surface area contributed by atoms with Gasteiger partial charge in [0.15, 0.2) is 5.78 Å². The minimum atomic E-state index is -0.605. The summed E-state index contributed by atoms with van der Waals surface area (Å²) in [4.78, 5) is 25.6. The summed E-state index contributed by atoms with van der Waals surface area (Å²) in [6.07, 6.45) is -0.206. The third-order valence-corrected chi connectivity index (χ3v) is 3.27. The lowest BCUT2D eigenvalue weighted by Crippen LogP contribution is -2.49. The van der Waals surface area contributed by atoms with Gasteiger partial charge < -0.3 is 4.74 Å². The van der Waals surface area contributed by atoms with E-state index in [1.807, 2.05) is 6.92 Å². The average molecular weight is 279 g/mol. The molecule has 1 heterocycles. The van der Waals surface area contributed by atoms with E-state index in [1.54, 1.807) is 19.9 Å². The van der Waals surface area contributed by atoms with Crippen molar-refractivity contribution in [3.05, 3.63) is 29.6 Å². The van der Waals surface area contributed by atoms with Crippen LogP contribution in [0.4, 0.5) is 14.9 Å². The van der Waals surface area contributed by atoms with E-state index in [4.69, 9.17) is 4.74 Å². The van der Waals surface area contributed by atoms with E-state index in [-0.39, 0.29) is 18.3 Å². The van der Waals surface area contributed by atoms with Crippen LogP contribution in [-0.2, 0) is 16.0 Å². The molecule has 1 aliphatic heterocycles. The first-order valence-corrected chi connectivity index (χ1v) is 6.75. The Morgan fingerprint density at radius 1 is 1.50 bits per heavy atom. The number of anilines is 1. The van der Waals surface area contributed by atoms with Crippen molar-refractivity contribution in [3.63, 3.8) is 0 Å². The Morgan fingerprint density at radius 2 is 2.20 bits per heavy atom. The number of ether oxygens (including phenoxy) is 1. The third kappa shape index (κ3) is 2.66. The summed E-state index contributed by atoms with van der Waals surface area (Å²) < 4.78 is 18.6. The van der Waals surface area contributed by atoms with Crippen LogP contribution in [0.2, 0.25) is 0 Å². The summed E-state index contributed by atoms with van der Waals surface area (Å²) >= 11 is 0. The first-order valence-electron chi connectivity index (χ1n) is 6.75. The lowest BCUT2D eigenvalue weighted by atomic mass is 9.93. The standard InChI is InChI=1S/C15H18FNO3/c1-4-12-14(18)7-10-5-6-11(16)8-13(10)17(12)15(19)20-9(2)3/h5-6,8-9,12H,4,7H2,1-3H3/t12-/m0/s1. The summed E-state index contributed by atoms with van der Waals surface area (Å²) in [5.41, 5.74) is 1.09. The highest BCUT2D eigenvalue weighted by molar-refractivity contribution is 6.03. The van der Waals surface area contributed by atoms with Crippen LogP contribution >= 0.6 is 0 Å². The molecule has 0 aromatic heterocycles. The van der Waals surface area contributed by atoms with Crippen LogP contribution in [0.25, 0.3) is 0 Å². The van der Waals surface area contributed by atoms with Crippen molar-refractivity contribution in [1.29, 1.82) is 0 Å². The van der Waals surface area contributed by atoms with Crippen molar-refractivity contribution in [1.82, 2.24) is 0 Å². The average Bonchev–Trinajstić information content (AvgIpc) is 2.36. The molecule has 0 saturated heterocycles. The molecule has 2 rings (SSSR count). The molecule has 0 spiro atoms. The number of rotatable bonds is 2. The van der Waals surface area contributed by atoms with E-state index < -0.39 is 18.0 Å². The Balaban J connectivity index is 2.46. The van der Waals surface area contributed by atoms with E-state index in [2.05, 4.69) is 0 Å². The quantitative estimate of drug-likeness (QED) is 0.835. The second-order valence-electron chi connectivity index (χ2n) is 5.14. The second kappa shape index (κ2) is 5.61. The number of carbonyl (C=O) groups excluding carboxylic acids is 2. The van der Waals surface area contributed by atoms with Gasteiger partial charge in [-0.3, -0.25) is 9.69 Å².